The van der Waals surface area contributed by atoms with E-state index in [1.54, 1.807) is 42.5 Å². The summed E-state index contributed by atoms with van der Waals surface area (Å²) in [6.07, 6.45) is 1.75. The van der Waals surface area contributed by atoms with Gasteiger partial charge in [0.05, 0.1) is 17.4 Å². The summed E-state index contributed by atoms with van der Waals surface area (Å²) in [5.41, 5.74) is -4.71. The van der Waals surface area contributed by atoms with Crippen LogP contribution in [0.5, 0.6) is 0 Å². The highest BCUT2D eigenvalue weighted by molar-refractivity contribution is 7.90. The molecule has 5 rings (SSSR count). The molecule has 13 heteroatoms. The normalized spacial score (nSPS) is 17.1. The van der Waals surface area contributed by atoms with Crippen LogP contribution in [0.2, 0.25) is 5.02 Å². The van der Waals surface area contributed by atoms with E-state index in [-0.39, 0.29) is 32.0 Å². The van der Waals surface area contributed by atoms with Crippen molar-refractivity contribution in [2.45, 2.75) is 30.0 Å². The smallest absolute Gasteiger partial charge is 0.380 e. The summed E-state index contributed by atoms with van der Waals surface area (Å²) in [5, 5.41) is 24.6. The predicted octanol–water partition coefficient (Wildman–Crippen LogP) is 5.43. The number of halogens is 5. The first-order valence-corrected chi connectivity index (χ1v) is 14.0. The number of rotatable bonds is 6. The van der Waals surface area contributed by atoms with Gasteiger partial charge >= 0.3 is 15.5 Å². The van der Waals surface area contributed by atoms with E-state index in [2.05, 4.69) is 15.5 Å². The lowest BCUT2D eigenvalue weighted by atomic mass is 9.80. The zero-order chi connectivity index (χ0) is 28.7. The van der Waals surface area contributed by atoms with E-state index in [1.165, 1.54) is 30.5 Å². The van der Waals surface area contributed by atoms with Crippen LogP contribution >= 0.6 is 11.6 Å². The van der Waals surface area contributed by atoms with E-state index < -0.39 is 26.9 Å². The molecule has 2 heterocycles. The minimum absolute atomic E-state index is 0.142. The lowest BCUT2D eigenvalue weighted by Gasteiger charge is -2.33. The molecule has 1 unspecified atom stereocenters. The molecule has 210 valence electrons. The number of piperidine rings is 1. The molecule has 4 aromatic rings. The van der Waals surface area contributed by atoms with Crippen LogP contribution < -0.4 is 5.32 Å². The Morgan fingerprint density at radius 1 is 0.925 bits per heavy atom. The Bertz CT molecular complexity index is 1580. The Kier molecular flexibility index (Phi) is 7.47. The average molecular weight is 595 g/mol. The summed E-state index contributed by atoms with van der Waals surface area (Å²) >= 11 is 6.08. The quantitative estimate of drug-likeness (QED) is 0.228. The summed E-state index contributed by atoms with van der Waals surface area (Å²) in [4.78, 5) is 0. The first-order valence-electron chi connectivity index (χ1n) is 12.2. The number of sulfonamides is 1. The lowest BCUT2D eigenvalue weighted by Crippen LogP contribution is -2.47. The van der Waals surface area contributed by atoms with Gasteiger partial charge in [0.25, 0.3) is 0 Å². The summed E-state index contributed by atoms with van der Waals surface area (Å²) in [6, 6.07) is 16.8. The van der Waals surface area contributed by atoms with Crippen molar-refractivity contribution < 1.29 is 31.1 Å². The predicted molar refractivity (Wildman–Crippen MR) is 143 cm³/mol. The second-order valence-electron chi connectivity index (χ2n) is 9.48. The van der Waals surface area contributed by atoms with E-state index >= 15 is 0 Å². The molecule has 1 atom stereocenters. The van der Waals surface area contributed by atoms with Gasteiger partial charge in [0.15, 0.2) is 0 Å². The fourth-order valence-corrected chi connectivity index (χ4v) is 6.00. The maximum atomic E-state index is 13.7. The van der Waals surface area contributed by atoms with Gasteiger partial charge in [0, 0.05) is 29.5 Å². The maximum absolute atomic E-state index is 13.7. The van der Waals surface area contributed by atoms with Gasteiger partial charge in [-0.3, -0.25) is 0 Å². The fourth-order valence-electron chi connectivity index (χ4n) is 4.89. The van der Waals surface area contributed by atoms with Gasteiger partial charge in [0.1, 0.15) is 11.4 Å². The molecule has 1 saturated heterocycles. The van der Waals surface area contributed by atoms with Crippen molar-refractivity contribution in [1.29, 1.82) is 0 Å². The van der Waals surface area contributed by atoms with Gasteiger partial charge < -0.3 is 10.4 Å². The van der Waals surface area contributed by atoms with Gasteiger partial charge in [0.2, 0.25) is 0 Å². The molecule has 0 saturated carbocycles. The Hall–Kier alpha value is -3.32. The summed E-state index contributed by atoms with van der Waals surface area (Å²) in [5.74, 6) is -0.462. The highest BCUT2D eigenvalue weighted by Gasteiger charge is 2.50. The minimum atomic E-state index is -5.39. The van der Waals surface area contributed by atoms with E-state index in [9.17, 15) is 31.1 Å². The van der Waals surface area contributed by atoms with Crippen LogP contribution in [0.25, 0.3) is 10.9 Å². The summed E-state index contributed by atoms with van der Waals surface area (Å²) < 4.78 is 76.6. The second-order valence-corrected chi connectivity index (χ2v) is 11.8. The highest BCUT2D eigenvalue weighted by atomic mass is 35.5. The molecule has 1 aliphatic rings. The molecular weight excluding hydrogens is 572 g/mol. The van der Waals surface area contributed by atoms with Crippen molar-refractivity contribution in [3.8, 4) is 0 Å². The SMILES string of the molecule is O=S(=O)(N1CCC(Nc2cnnc3ccc(C(O)(c4ccc(F)cc4)c4ccc(Cl)cc4)cc23)CC1)C(F)(F)F. The first kappa shape index (κ1) is 28.2. The molecule has 0 spiro atoms. The third-order valence-electron chi connectivity index (χ3n) is 7.03. The Morgan fingerprint density at radius 2 is 1.50 bits per heavy atom. The van der Waals surface area contributed by atoms with Crippen LogP contribution in [-0.2, 0) is 15.6 Å². The van der Waals surface area contributed by atoms with Crippen molar-refractivity contribution in [1.82, 2.24) is 14.5 Å². The number of aromatic nitrogens is 2. The van der Waals surface area contributed by atoms with Crippen molar-refractivity contribution >= 4 is 38.2 Å². The van der Waals surface area contributed by atoms with Gasteiger partial charge in [-0.05, 0) is 65.9 Å². The maximum Gasteiger partial charge on any atom is 0.511 e. The van der Waals surface area contributed by atoms with Gasteiger partial charge in [-0.15, -0.1) is 0 Å². The Morgan fingerprint density at radius 3 is 2.10 bits per heavy atom. The zero-order valence-electron chi connectivity index (χ0n) is 20.7. The van der Waals surface area contributed by atoms with E-state index in [0.717, 1.165) is 0 Å². The molecule has 0 radical (unpaired) electrons. The number of hydrogen-bond donors (Lipinski definition) is 2. The van der Waals surface area contributed by atoms with Crippen LogP contribution in [0.15, 0.2) is 72.9 Å². The largest absolute Gasteiger partial charge is 0.511 e. The summed E-state index contributed by atoms with van der Waals surface area (Å²) in [7, 11) is -5.39. The second kappa shape index (κ2) is 10.6. The number of anilines is 1. The monoisotopic (exact) mass is 594 g/mol. The van der Waals surface area contributed by atoms with E-state index in [4.69, 9.17) is 11.6 Å². The molecule has 1 fully saturated rings. The first-order chi connectivity index (χ1) is 18.9. The summed E-state index contributed by atoms with van der Waals surface area (Å²) in [6.45, 7) is -0.579. The van der Waals surface area contributed by atoms with Crippen LogP contribution in [0, 0.1) is 5.82 Å². The zero-order valence-corrected chi connectivity index (χ0v) is 22.3. The van der Waals surface area contributed by atoms with Crippen LogP contribution in [0.1, 0.15) is 29.5 Å². The molecule has 0 bridgehead atoms. The van der Waals surface area contributed by atoms with Gasteiger partial charge in [-0.2, -0.15) is 27.7 Å². The van der Waals surface area contributed by atoms with Crippen molar-refractivity contribution in [2.75, 3.05) is 18.4 Å². The molecule has 40 heavy (non-hydrogen) atoms. The highest BCUT2D eigenvalue weighted by Crippen LogP contribution is 2.39. The molecule has 1 aliphatic heterocycles. The Balaban J connectivity index is 1.49. The number of nitrogens with zero attached hydrogens (tertiary/aromatic N) is 3. The third kappa shape index (κ3) is 5.24. The standard InChI is InChI=1S/C27H23ClF4N4O3S/c28-20-6-1-17(2-7-20)26(37,18-3-8-21(29)9-4-18)19-5-10-24-23(15-19)25(16-33-35-24)34-22-11-13-36(14-12-22)40(38,39)27(30,31)32/h1-10,15-16,22,37H,11-14H2,(H,34,35). The molecule has 7 nitrogen and oxygen atoms in total. The molecular formula is C27H23ClF4N4O3S. The van der Waals surface area contributed by atoms with Crippen molar-refractivity contribution in [3.63, 3.8) is 0 Å². The number of aliphatic hydroxyl groups is 1. The minimum Gasteiger partial charge on any atom is -0.380 e. The van der Waals surface area contributed by atoms with Gasteiger partial charge in [-0.1, -0.05) is 41.9 Å². The number of hydrogen-bond acceptors (Lipinski definition) is 6. The third-order valence-corrected chi connectivity index (χ3v) is 8.91. The molecule has 3 aromatic carbocycles. The molecule has 0 aliphatic carbocycles. The lowest BCUT2D eigenvalue weighted by molar-refractivity contribution is -0.0494. The van der Waals surface area contributed by atoms with E-state index in [1.807, 2.05) is 0 Å². The fraction of sp³-hybridized carbons (Fsp3) is 0.259. The number of nitrogens with one attached hydrogen (secondary N) is 1. The Labute approximate surface area is 232 Å². The van der Waals surface area contributed by atoms with Gasteiger partial charge in [-0.25, -0.2) is 12.8 Å². The molecule has 2 N–H and O–H groups in total. The van der Waals surface area contributed by atoms with Crippen molar-refractivity contribution in [2.24, 2.45) is 0 Å². The number of benzene rings is 3. The molecule has 1 aromatic heterocycles. The van der Waals surface area contributed by atoms with Crippen LogP contribution in [-0.4, -0.2) is 52.7 Å². The topological polar surface area (TPSA) is 95.4 Å². The average Bonchev–Trinajstić information content (AvgIpc) is 2.93. The molecule has 0 amide bonds. The van der Waals surface area contributed by atoms with Crippen LogP contribution in [0.4, 0.5) is 23.2 Å². The van der Waals surface area contributed by atoms with E-state index in [0.29, 0.717) is 42.6 Å². The number of alkyl halides is 3. The van der Waals surface area contributed by atoms with Crippen LogP contribution in [0.3, 0.4) is 0 Å². The van der Waals surface area contributed by atoms with Crippen molar-refractivity contribution in [3.05, 3.63) is 100 Å². The number of fused-ring (bicyclic) bond motifs is 1.